The van der Waals surface area contributed by atoms with Crippen molar-refractivity contribution in [3.05, 3.63) is 35.2 Å². The van der Waals surface area contributed by atoms with Gasteiger partial charge in [-0.1, -0.05) is 11.6 Å². The van der Waals surface area contributed by atoms with Gasteiger partial charge in [-0.25, -0.2) is 23.1 Å². The minimum absolute atomic E-state index is 0.0105. The Balaban J connectivity index is 1.48. The Kier molecular flexibility index (Phi) is 7.60. The number of nitrogens with zero attached hydrogens (tertiary/aromatic N) is 4. The van der Waals surface area contributed by atoms with Gasteiger partial charge in [0, 0.05) is 23.9 Å². The van der Waals surface area contributed by atoms with Crippen LogP contribution in [-0.2, 0) is 11.3 Å². The number of aromatic nitrogens is 4. The zero-order valence-electron chi connectivity index (χ0n) is 20.4. The van der Waals surface area contributed by atoms with Gasteiger partial charge in [0.25, 0.3) is 18.2 Å². The number of carbonyl (C=O) groups is 1. The topological polar surface area (TPSA) is 100 Å². The number of nitrogens with one attached hydrogen (secondary N) is 1. The second-order valence-corrected chi connectivity index (χ2v) is 11.2. The molecular weight excluding hydrogens is 547 g/mol. The number of thioether (sulfide) groups is 1. The van der Waals surface area contributed by atoms with E-state index in [2.05, 4.69) is 20.3 Å². The standard InChI is InChI=1S/C24H25ClF3N5O4S/c1-23(4-6-38-7-5-23)32-21(34)20-30-15-2-3-18(31-19(15)33(20)11-24(28)12-35-13-24)37-22-16(36-10-17(26)27)8-14(25)9-29-22/h2-3,8-9,17H,4-7,10-13H2,1H3,(H,32,34). The van der Waals surface area contributed by atoms with Crippen LogP contribution in [0, 0.1) is 0 Å². The minimum atomic E-state index is -2.71. The van der Waals surface area contributed by atoms with Gasteiger partial charge in [-0.15, -0.1) is 0 Å². The second-order valence-electron chi connectivity index (χ2n) is 9.55. The molecule has 2 aliphatic heterocycles. The average molecular weight is 572 g/mol. The molecule has 204 valence electrons. The molecule has 2 saturated heterocycles. The molecule has 0 radical (unpaired) electrons. The molecule has 2 aliphatic rings. The van der Waals surface area contributed by atoms with Crippen LogP contribution in [0.3, 0.4) is 0 Å². The maximum Gasteiger partial charge on any atom is 0.287 e. The summed E-state index contributed by atoms with van der Waals surface area (Å²) in [6.07, 6.45) is 0.175. The summed E-state index contributed by atoms with van der Waals surface area (Å²) < 4.78 is 57.9. The fraction of sp³-hybridized carbons (Fsp3) is 0.500. The van der Waals surface area contributed by atoms with Crippen LogP contribution in [0.4, 0.5) is 13.2 Å². The number of ether oxygens (including phenoxy) is 3. The lowest BCUT2D eigenvalue weighted by Gasteiger charge is -2.35. The van der Waals surface area contributed by atoms with E-state index in [-0.39, 0.29) is 53.8 Å². The zero-order valence-corrected chi connectivity index (χ0v) is 22.0. The van der Waals surface area contributed by atoms with E-state index in [4.69, 9.17) is 25.8 Å². The van der Waals surface area contributed by atoms with Gasteiger partial charge in [-0.05, 0) is 37.3 Å². The van der Waals surface area contributed by atoms with Gasteiger partial charge < -0.3 is 24.1 Å². The van der Waals surface area contributed by atoms with Crippen LogP contribution in [0.1, 0.15) is 30.4 Å². The number of alkyl halides is 3. The molecule has 0 aromatic carbocycles. The Morgan fingerprint density at radius 2 is 2.05 bits per heavy atom. The molecule has 38 heavy (non-hydrogen) atoms. The predicted octanol–water partition coefficient (Wildman–Crippen LogP) is 4.67. The van der Waals surface area contributed by atoms with Crippen molar-refractivity contribution in [3.63, 3.8) is 0 Å². The molecule has 5 heterocycles. The Morgan fingerprint density at radius 3 is 2.74 bits per heavy atom. The molecule has 0 unspecified atom stereocenters. The highest BCUT2D eigenvalue weighted by atomic mass is 35.5. The van der Waals surface area contributed by atoms with Gasteiger partial charge in [0.2, 0.25) is 11.7 Å². The molecule has 0 aliphatic carbocycles. The summed E-state index contributed by atoms with van der Waals surface area (Å²) in [7, 11) is 0. The van der Waals surface area contributed by atoms with Crippen molar-refractivity contribution < 1.29 is 32.2 Å². The SMILES string of the molecule is CC1(NC(=O)c2nc3ccc(Oc4ncc(Cl)cc4OCC(F)F)nc3n2CC2(F)COC2)CCSCC1. The molecule has 0 atom stereocenters. The highest BCUT2D eigenvalue weighted by Gasteiger charge is 2.41. The van der Waals surface area contributed by atoms with Crippen LogP contribution in [-0.4, -0.2) is 74.4 Å². The van der Waals surface area contributed by atoms with Crippen molar-refractivity contribution in [3.8, 4) is 17.5 Å². The summed E-state index contributed by atoms with van der Waals surface area (Å²) in [4.78, 5) is 26.3. The van der Waals surface area contributed by atoms with Crippen molar-refractivity contribution in [2.75, 3.05) is 31.3 Å². The summed E-state index contributed by atoms with van der Waals surface area (Å²) in [5, 5.41) is 3.24. The van der Waals surface area contributed by atoms with Crippen LogP contribution in [0.15, 0.2) is 24.4 Å². The van der Waals surface area contributed by atoms with Gasteiger partial charge in [-0.2, -0.15) is 16.7 Å². The normalized spacial score (nSPS) is 18.3. The van der Waals surface area contributed by atoms with Gasteiger partial charge in [0.05, 0.1) is 24.8 Å². The van der Waals surface area contributed by atoms with Gasteiger partial charge in [0.15, 0.2) is 17.1 Å². The van der Waals surface area contributed by atoms with Crippen molar-refractivity contribution in [2.45, 2.75) is 43.9 Å². The monoisotopic (exact) mass is 571 g/mol. The smallest absolute Gasteiger partial charge is 0.287 e. The van der Waals surface area contributed by atoms with Gasteiger partial charge >= 0.3 is 0 Å². The van der Waals surface area contributed by atoms with Crippen LogP contribution in [0.2, 0.25) is 5.02 Å². The number of carbonyl (C=O) groups excluding carboxylic acids is 1. The number of pyridine rings is 2. The molecular formula is C24H25ClF3N5O4S. The third-order valence-corrected chi connectivity index (χ3v) is 7.49. The minimum Gasteiger partial charge on any atom is -0.482 e. The summed E-state index contributed by atoms with van der Waals surface area (Å²) in [5.74, 6) is 1.25. The van der Waals surface area contributed by atoms with Gasteiger partial charge in [-0.3, -0.25) is 4.79 Å². The molecule has 1 N–H and O–H groups in total. The van der Waals surface area contributed by atoms with Crippen molar-refractivity contribution >= 4 is 40.4 Å². The average Bonchev–Trinajstić information content (AvgIpc) is 3.21. The number of imidazole rings is 1. The van der Waals surface area contributed by atoms with E-state index in [0.717, 1.165) is 24.3 Å². The van der Waals surface area contributed by atoms with E-state index < -0.39 is 30.1 Å². The summed E-state index contributed by atoms with van der Waals surface area (Å²) in [6, 6.07) is 4.35. The number of rotatable bonds is 9. The van der Waals surface area contributed by atoms with Crippen molar-refractivity contribution in [1.82, 2.24) is 24.8 Å². The predicted molar refractivity (Wildman–Crippen MR) is 135 cm³/mol. The lowest BCUT2D eigenvalue weighted by atomic mass is 9.95. The Bertz CT molecular complexity index is 1330. The van der Waals surface area contributed by atoms with E-state index >= 15 is 4.39 Å². The first-order valence-corrected chi connectivity index (χ1v) is 13.4. The van der Waals surface area contributed by atoms with E-state index in [1.165, 1.54) is 22.9 Å². The number of hydrogen-bond donors (Lipinski definition) is 1. The molecule has 0 spiro atoms. The van der Waals surface area contributed by atoms with E-state index in [1.807, 2.05) is 18.7 Å². The Hall–Kier alpha value is -2.77. The Labute approximate surface area is 225 Å². The highest BCUT2D eigenvalue weighted by Crippen LogP contribution is 2.33. The quantitative estimate of drug-likeness (QED) is 0.395. The maximum absolute atomic E-state index is 15.2. The first-order valence-electron chi connectivity index (χ1n) is 11.9. The molecule has 1 amide bonds. The molecule has 5 rings (SSSR count). The number of hydrogen-bond acceptors (Lipinski definition) is 8. The first-order chi connectivity index (χ1) is 18.1. The number of halogens is 4. The van der Waals surface area contributed by atoms with Crippen LogP contribution < -0.4 is 14.8 Å². The van der Waals surface area contributed by atoms with Crippen molar-refractivity contribution in [1.29, 1.82) is 0 Å². The van der Waals surface area contributed by atoms with Crippen LogP contribution in [0.25, 0.3) is 11.2 Å². The van der Waals surface area contributed by atoms with Gasteiger partial charge in [0.1, 0.15) is 12.1 Å². The number of amides is 1. The maximum atomic E-state index is 15.2. The first kappa shape index (κ1) is 26.8. The lowest BCUT2D eigenvalue weighted by Crippen LogP contribution is -2.51. The third kappa shape index (κ3) is 5.94. The molecule has 0 saturated carbocycles. The summed E-state index contributed by atoms with van der Waals surface area (Å²) >= 11 is 7.77. The second kappa shape index (κ2) is 10.8. The Morgan fingerprint density at radius 1 is 1.29 bits per heavy atom. The summed E-state index contributed by atoms with van der Waals surface area (Å²) in [6.45, 7) is 0.688. The summed E-state index contributed by atoms with van der Waals surface area (Å²) in [5.41, 5.74) is -1.51. The number of fused-ring (bicyclic) bond motifs is 1. The van der Waals surface area contributed by atoms with Crippen LogP contribution in [0.5, 0.6) is 17.5 Å². The highest BCUT2D eigenvalue weighted by molar-refractivity contribution is 7.99. The fourth-order valence-electron chi connectivity index (χ4n) is 4.18. The van der Waals surface area contributed by atoms with Crippen molar-refractivity contribution in [2.24, 2.45) is 0 Å². The fourth-order valence-corrected chi connectivity index (χ4v) is 5.72. The largest absolute Gasteiger partial charge is 0.482 e. The van der Waals surface area contributed by atoms with E-state index in [9.17, 15) is 13.6 Å². The molecule has 0 bridgehead atoms. The molecule has 2 fully saturated rings. The zero-order chi connectivity index (χ0) is 26.9. The lowest BCUT2D eigenvalue weighted by molar-refractivity contribution is -0.137. The molecule has 9 nitrogen and oxygen atoms in total. The molecule has 3 aromatic rings. The van der Waals surface area contributed by atoms with E-state index in [1.54, 1.807) is 6.07 Å². The molecule has 3 aromatic heterocycles. The van der Waals surface area contributed by atoms with E-state index in [0.29, 0.717) is 5.52 Å². The third-order valence-electron chi connectivity index (χ3n) is 6.30. The van der Waals surface area contributed by atoms with Crippen LogP contribution >= 0.6 is 23.4 Å². The molecule has 14 heteroatoms.